The molecule has 2 N–H and O–H groups in total. The Labute approximate surface area is 213 Å². The molecule has 0 radical (unpaired) electrons. The van der Waals surface area contributed by atoms with Crippen LogP contribution >= 0.6 is 0 Å². The van der Waals surface area contributed by atoms with Crippen LogP contribution in [0.3, 0.4) is 0 Å². The Bertz CT molecular complexity index is 1590. The molecule has 0 unspecified atom stereocenters. The first-order valence-electron chi connectivity index (χ1n) is 10.7. The van der Waals surface area contributed by atoms with Gasteiger partial charge in [-0.1, -0.05) is 18.2 Å². The molecular weight excluding hydrogens is 539 g/mol. The minimum atomic E-state index is -4.84. The summed E-state index contributed by atoms with van der Waals surface area (Å²) in [5.74, 6) is -4.77. The molecule has 1 aromatic heterocycles. The number of carboxylic acid groups (broad SMARTS) is 1. The Kier molecular flexibility index (Phi) is 6.89. The molecule has 1 amide bonds. The molecule has 3 aromatic carbocycles. The van der Waals surface area contributed by atoms with Gasteiger partial charge in [-0.3, -0.25) is 4.79 Å². The van der Waals surface area contributed by atoms with Crippen LogP contribution < -0.4 is 5.32 Å². The van der Waals surface area contributed by atoms with Crippen LogP contribution in [0.25, 0.3) is 22.6 Å². The van der Waals surface area contributed by atoms with Gasteiger partial charge in [-0.25, -0.2) is 9.18 Å². The lowest BCUT2D eigenvalue weighted by Gasteiger charge is -2.15. The van der Waals surface area contributed by atoms with Crippen LogP contribution in [0.5, 0.6) is 0 Å². The van der Waals surface area contributed by atoms with Crippen LogP contribution in [-0.4, -0.2) is 27.2 Å². The van der Waals surface area contributed by atoms with E-state index >= 15 is 0 Å². The normalized spacial score (nSPS) is 11.9. The Hall–Kier alpha value is -4.75. The van der Waals surface area contributed by atoms with Gasteiger partial charge in [-0.05, 0) is 47.5 Å². The number of aromatic nitrogens is 2. The van der Waals surface area contributed by atoms with Crippen LogP contribution in [-0.2, 0) is 12.4 Å². The number of hydrogen-bond donors (Lipinski definition) is 2. The van der Waals surface area contributed by atoms with Crippen LogP contribution in [0.4, 0.5) is 36.4 Å². The van der Waals surface area contributed by atoms with E-state index in [2.05, 4.69) is 10.2 Å². The minimum absolute atomic E-state index is 0.0241. The summed E-state index contributed by atoms with van der Waals surface area (Å²) in [5, 5.41) is 19.0. The number of alkyl halides is 6. The fourth-order valence-electron chi connectivity index (χ4n) is 3.74. The molecule has 0 saturated carbocycles. The lowest BCUT2D eigenvalue weighted by molar-refractivity contribution is -0.138. The maximum Gasteiger partial charge on any atom is 0.417 e. The monoisotopic (exact) mass is 553 g/mol. The largest absolute Gasteiger partial charge is 0.478 e. The van der Waals surface area contributed by atoms with Crippen LogP contribution in [0, 0.1) is 12.7 Å². The molecule has 4 rings (SSSR count). The second kappa shape index (κ2) is 9.85. The van der Waals surface area contributed by atoms with Crippen LogP contribution in [0.1, 0.15) is 37.7 Å². The number of carboxylic acids is 1. The summed E-state index contributed by atoms with van der Waals surface area (Å²) in [4.78, 5) is 25.1. The zero-order valence-corrected chi connectivity index (χ0v) is 19.4. The van der Waals surface area contributed by atoms with Gasteiger partial charge in [0, 0.05) is 6.92 Å². The second-order valence-corrected chi connectivity index (χ2v) is 8.06. The SMILES string of the molecule is Cc1nnc(-c2cc(-c3cccc(C(=O)Nc4ccc(C(F)(F)F)cc4F)c3C(=O)O)ccc2C(F)(F)F)o1. The van der Waals surface area contributed by atoms with E-state index in [9.17, 15) is 45.4 Å². The molecule has 14 heteroatoms. The lowest BCUT2D eigenvalue weighted by Crippen LogP contribution is -2.18. The summed E-state index contributed by atoms with van der Waals surface area (Å²) in [6.07, 6.45) is -9.67. The zero-order chi connectivity index (χ0) is 28.7. The molecule has 0 atom stereocenters. The van der Waals surface area contributed by atoms with Crippen molar-refractivity contribution in [1.82, 2.24) is 10.2 Å². The number of hydrogen-bond acceptors (Lipinski definition) is 5. The number of aryl methyl sites for hydroxylation is 1. The molecule has 202 valence electrons. The lowest BCUT2D eigenvalue weighted by atomic mass is 9.92. The highest BCUT2D eigenvalue weighted by molar-refractivity contribution is 6.13. The van der Waals surface area contributed by atoms with Crippen molar-refractivity contribution in [3.05, 3.63) is 88.6 Å². The van der Waals surface area contributed by atoms with E-state index in [0.717, 1.165) is 18.2 Å². The van der Waals surface area contributed by atoms with Crippen molar-refractivity contribution in [2.45, 2.75) is 19.3 Å². The number of benzene rings is 3. The smallest absolute Gasteiger partial charge is 0.417 e. The molecule has 0 aliphatic carbocycles. The Balaban J connectivity index is 1.80. The van der Waals surface area contributed by atoms with Crippen molar-refractivity contribution >= 4 is 17.6 Å². The maximum absolute atomic E-state index is 14.3. The van der Waals surface area contributed by atoms with Gasteiger partial charge in [0.1, 0.15) is 5.82 Å². The third kappa shape index (κ3) is 5.58. The van der Waals surface area contributed by atoms with Gasteiger partial charge in [0.15, 0.2) is 0 Å². The van der Waals surface area contributed by atoms with Gasteiger partial charge in [0.2, 0.25) is 11.8 Å². The van der Waals surface area contributed by atoms with Crippen molar-refractivity contribution in [2.75, 3.05) is 5.32 Å². The standard InChI is InChI=1S/C25H14F7N3O4/c1-11-34-35-22(39-11)16-9-12(5-7-17(16)25(30,31)32)14-3-2-4-15(20(14)23(37)38)21(36)33-19-8-6-13(10-18(19)26)24(27,28)29/h2-10H,1H3,(H,33,36)(H,37,38). The molecule has 4 aromatic rings. The number of carbonyl (C=O) groups excluding carboxylic acids is 1. The predicted molar refractivity (Wildman–Crippen MR) is 121 cm³/mol. The van der Waals surface area contributed by atoms with Crippen molar-refractivity contribution in [1.29, 1.82) is 0 Å². The highest BCUT2D eigenvalue weighted by Crippen LogP contribution is 2.40. The van der Waals surface area contributed by atoms with Crippen molar-refractivity contribution in [3.8, 4) is 22.6 Å². The quantitative estimate of drug-likeness (QED) is 0.262. The summed E-state index contributed by atoms with van der Waals surface area (Å²) in [5.41, 5.74) is -5.09. The number of halogens is 7. The van der Waals surface area contributed by atoms with Crippen LogP contribution in [0.2, 0.25) is 0 Å². The number of anilines is 1. The zero-order valence-electron chi connectivity index (χ0n) is 19.4. The van der Waals surface area contributed by atoms with Gasteiger partial charge in [-0.15, -0.1) is 10.2 Å². The van der Waals surface area contributed by atoms with E-state index in [1.807, 2.05) is 5.32 Å². The second-order valence-electron chi connectivity index (χ2n) is 8.06. The molecule has 0 spiro atoms. The number of carbonyl (C=O) groups is 2. The highest BCUT2D eigenvalue weighted by atomic mass is 19.4. The molecule has 0 bridgehead atoms. The molecule has 1 heterocycles. The van der Waals surface area contributed by atoms with Gasteiger partial charge in [0.05, 0.1) is 33.5 Å². The number of amides is 1. The van der Waals surface area contributed by atoms with Crippen LogP contribution in [0.15, 0.2) is 59.0 Å². The number of aromatic carboxylic acids is 1. The fraction of sp³-hybridized carbons (Fsp3) is 0.120. The molecule has 39 heavy (non-hydrogen) atoms. The maximum atomic E-state index is 14.3. The number of rotatable bonds is 5. The van der Waals surface area contributed by atoms with E-state index in [0.29, 0.717) is 18.2 Å². The first-order valence-corrected chi connectivity index (χ1v) is 10.7. The third-order valence-corrected chi connectivity index (χ3v) is 5.46. The molecule has 0 saturated heterocycles. The summed E-state index contributed by atoms with van der Waals surface area (Å²) < 4.78 is 98.8. The van der Waals surface area contributed by atoms with E-state index < -0.39 is 69.4 Å². The van der Waals surface area contributed by atoms with E-state index in [1.54, 1.807) is 0 Å². The van der Waals surface area contributed by atoms with E-state index in [-0.39, 0.29) is 23.1 Å². The van der Waals surface area contributed by atoms with E-state index in [1.165, 1.54) is 19.1 Å². The first kappa shape index (κ1) is 27.3. The first-order chi connectivity index (χ1) is 18.2. The molecule has 0 aliphatic rings. The average molecular weight is 553 g/mol. The minimum Gasteiger partial charge on any atom is -0.478 e. The topological polar surface area (TPSA) is 105 Å². The molecular formula is C25H14F7N3O4. The molecule has 0 fully saturated rings. The van der Waals surface area contributed by atoms with Crippen molar-refractivity contribution in [3.63, 3.8) is 0 Å². The van der Waals surface area contributed by atoms with Crippen molar-refractivity contribution in [2.24, 2.45) is 0 Å². The summed E-state index contributed by atoms with van der Waals surface area (Å²) in [7, 11) is 0. The van der Waals surface area contributed by atoms with Gasteiger partial charge >= 0.3 is 18.3 Å². The molecule has 0 aliphatic heterocycles. The van der Waals surface area contributed by atoms with Gasteiger partial charge < -0.3 is 14.8 Å². The Morgan fingerprint density at radius 1 is 0.897 bits per heavy atom. The Morgan fingerprint density at radius 3 is 2.18 bits per heavy atom. The fourth-order valence-corrected chi connectivity index (χ4v) is 3.74. The third-order valence-electron chi connectivity index (χ3n) is 5.46. The van der Waals surface area contributed by atoms with E-state index in [4.69, 9.17) is 4.42 Å². The highest BCUT2D eigenvalue weighted by Gasteiger charge is 2.36. The summed E-state index contributed by atoms with van der Waals surface area (Å²) >= 11 is 0. The van der Waals surface area contributed by atoms with Gasteiger partial charge in [0.25, 0.3) is 5.91 Å². The summed E-state index contributed by atoms with van der Waals surface area (Å²) in [6, 6.07) is 7.48. The van der Waals surface area contributed by atoms with Gasteiger partial charge in [-0.2, -0.15) is 26.3 Å². The summed E-state index contributed by atoms with van der Waals surface area (Å²) in [6.45, 7) is 1.36. The van der Waals surface area contributed by atoms with Crippen molar-refractivity contribution < 1.29 is 49.8 Å². The number of nitrogens with zero attached hydrogens (tertiary/aromatic N) is 2. The predicted octanol–water partition coefficient (Wildman–Crippen LogP) is 6.84. The Morgan fingerprint density at radius 2 is 1.62 bits per heavy atom. The molecule has 7 nitrogen and oxygen atoms in total. The average Bonchev–Trinajstić information content (AvgIpc) is 3.29. The number of nitrogens with one attached hydrogen (secondary N) is 1.